The molecule has 124 valence electrons. The van der Waals surface area contributed by atoms with Crippen LogP contribution in [0.4, 0.5) is 14.6 Å². The Morgan fingerprint density at radius 2 is 2.00 bits per heavy atom. The number of anilines is 1. The molecule has 0 radical (unpaired) electrons. The van der Waals surface area contributed by atoms with E-state index >= 15 is 0 Å². The number of aromatic nitrogens is 2. The second-order valence-corrected chi connectivity index (χ2v) is 5.01. The number of hydrogen-bond donors (Lipinski definition) is 3. The molecular weight excluding hydrogens is 308 g/mol. The molecule has 2 aromatic rings. The van der Waals surface area contributed by atoms with Crippen LogP contribution in [-0.4, -0.2) is 38.6 Å². The minimum Gasteiger partial charge on any atom is -0.394 e. The number of benzene rings is 1. The Hall–Kier alpha value is -2.32. The topological polar surface area (TPSA) is 87.4 Å². The zero-order valence-corrected chi connectivity index (χ0v) is 12.2. The Morgan fingerprint density at radius 3 is 2.65 bits per heavy atom. The van der Waals surface area contributed by atoms with E-state index in [4.69, 9.17) is 5.11 Å². The predicted molar refractivity (Wildman–Crippen MR) is 78.6 cm³/mol. The Labute approximate surface area is 131 Å². The summed E-state index contributed by atoms with van der Waals surface area (Å²) in [4.78, 5) is 11.8. The number of rotatable bonds is 7. The number of halogens is 2. The van der Waals surface area contributed by atoms with Gasteiger partial charge in [-0.25, -0.2) is 8.78 Å². The van der Waals surface area contributed by atoms with Gasteiger partial charge in [0, 0.05) is 24.2 Å². The van der Waals surface area contributed by atoms with Crippen LogP contribution in [0.5, 0.6) is 0 Å². The summed E-state index contributed by atoms with van der Waals surface area (Å²) >= 11 is 0. The van der Waals surface area contributed by atoms with Gasteiger partial charge in [-0.15, -0.1) is 0 Å². The van der Waals surface area contributed by atoms with Crippen molar-refractivity contribution in [3.63, 3.8) is 0 Å². The normalized spacial score (nSPS) is 12.2. The standard InChI is InChI=1S/C15H17F2N3O3/c16-12-2-1-3-13(17)11(12)4-5-15(23)18-14-6-7-20(19-14)8-10(22)9-21/h1-3,6-7,10,21-22H,4-5,8-9H2,(H,18,19,23). The molecule has 1 aromatic heterocycles. The van der Waals surface area contributed by atoms with Gasteiger partial charge < -0.3 is 15.5 Å². The fraction of sp³-hybridized carbons (Fsp3) is 0.333. The highest BCUT2D eigenvalue weighted by Crippen LogP contribution is 2.14. The lowest BCUT2D eigenvalue weighted by Crippen LogP contribution is -2.20. The molecule has 8 heteroatoms. The first kappa shape index (κ1) is 17.0. The molecule has 0 aliphatic heterocycles. The van der Waals surface area contributed by atoms with Crippen LogP contribution in [0.3, 0.4) is 0 Å². The SMILES string of the molecule is O=C(CCc1c(F)cccc1F)Nc1ccn(CC(O)CO)n1. The van der Waals surface area contributed by atoms with Gasteiger partial charge in [0.2, 0.25) is 5.91 Å². The average Bonchev–Trinajstić information content (AvgIpc) is 2.93. The Balaban J connectivity index is 1.88. The summed E-state index contributed by atoms with van der Waals surface area (Å²) in [6.07, 6.45) is 0.436. The molecule has 0 saturated carbocycles. The van der Waals surface area contributed by atoms with Crippen molar-refractivity contribution in [3.05, 3.63) is 47.7 Å². The quantitative estimate of drug-likeness (QED) is 0.711. The summed E-state index contributed by atoms with van der Waals surface area (Å²) in [5.41, 5.74) is -0.126. The highest BCUT2D eigenvalue weighted by atomic mass is 19.1. The first-order valence-corrected chi connectivity index (χ1v) is 7.04. The molecule has 1 heterocycles. The van der Waals surface area contributed by atoms with E-state index in [-0.39, 0.29) is 30.8 Å². The fourth-order valence-corrected chi connectivity index (χ4v) is 2.02. The Kier molecular flexibility index (Phi) is 5.78. The summed E-state index contributed by atoms with van der Waals surface area (Å²) in [6.45, 7) is -0.303. The van der Waals surface area contributed by atoms with Crippen LogP contribution in [0.2, 0.25) is 0 Å². The number of aliphatic hydroxyl groups is 2. The zero-order chi connectivity index (χ0) is 16.8. The predicted octanol–water partition coefficient (Wildman–Crippen LogP) is 1.09. The van der Waals surface area contributed by atoms with Crippen LogP contribution < -0.4 is 5.32 Å². The molecule has 1 amide bonds. The third-order valence-corrected chi connectivity index (χ3v) is 3.18. The summed E-state index contributed by atoms with van der Waals surface area (Å²) in [6, 6.07) is 5.07. The number of nitrogens with zero attached hydrogens (tertiary/aromatic N) is 2. The summed E-state index contributed by atoms with van der Waals surface area (Å²) in [5, 5.41) is 24.5. The molecule has 1 atom stereocenters. The largest absolute Gasteiger partial charge is 0.394 e. The van der Waals surface area contributed by atoms with Crippen molar-refractivity contribution in [2.24, 2.45) is 0 Å². The molecule has 6 nitrogen and oxygen atoms in total. The average molecular weight is 325 g/mol. The highest BCUT2D eigenvalue weighted by Gasteiger charge is 2.12. The van der Waals surface area contributed by atoms with Gasteiger partial charge in [-0.3, -0.25) is 9.48 Å². The highest BCUT2D eigenvalue weighted by molar-refractivity contribution is 5.89. The van der Waals surface area contributed by atoms with Gasteiger partial charge >= 0.3 is 0 Å². The molecule has 3 N–H and O–H groups in total. The minimum absolute atomic E-state index is 0.0612. The van der Waals surface area contributed by atoms with Gasteiger partial charge in [0.15, 0.2) is 5.82 Å². The van der Waals surface area contributed by atoms with E-state index < -0.39 is 30.3 Å². The number of nitrogens with one attached hydrogen (secondary N) is 1. The first-order chi connectivity index (χ1) is 11.0. The van der Waals surface area contributed by atoms with E-state index in [1.54, 1.807) is 0 Å². The molecule has 23 heavy (non-hydrogen) atoms. The second-order valence-electron chi connectivity index (χ2n) is 5.01. The van der Waals surface area contributed by atoms with Crippen LogP contribution in [-0.2, 0) is 17.8 Å². The molecule has 0 aliphatic rings. The number of aliphatic hydroxyl groups excluding tert-OH is 2. The number of amides is 1. The van der Waals surface area contributed by atoms with E-state index in [1.807, 2.05) is 0 Å². The summed E-state index contributed by atoms with van der Waals surface area (Å²) < 4.78 is 28.3. The smallest absolute Gasteiger partial charge is 0.225 e. The van der Waals surface area contributed by atoms with Crippen LogP contribution >= 0.6 is 0 Å². The van der Waals surface area contributed by atoms with Crippen molar-refractivity contribution in [1.29, 1.82) is 0 Å². The third-order valence-electron chi connectivity index (χ3n) is 3.18. The van der Waals surface area contributed by atoms with Crippen molar-refractivity contribution in [2.75, 3.05) is 11.9 Å². The van der Waals surface area contributed by atoms with E-state index in [1.165, 1.54) is 23.0 Å². The van der Waals surface area contributed by atoms with Crippen LogP contribution in [0.25, 0.3) is 0 Å². The molecule has 0 fully saturated rings. The minimum atomic E-state index is -0.942. The van der Waals surface area contributed by atoms with Crippen LogP contribution in [0.15, 0.2) is 30.5 Å². The molecule has 0 spiro atoms. The monoisotopic (exact) mass is 325 g/mol. The molecule has 1 aromatic carbocycles. The van der Waals surface area contributed by atoms with E-state index in [0.717, 1.165) is 12.1 Å². The van der Waals surface area contributed by atoms with Crippen LogP contribution in [0, 0.1) is 11.6 Å². The molecule has 2 rings (SSSR count). The number of hydrogen-bond acceptors (Lipinski definition) is 4. The number of carbonyl (C=O) groups excluding carboxylic acids is 1. The Morgan fingerprint density at radius 1 is 1.30 bits per heavy atom. The Bertz CT molecular complexity index is 655. The number of carbonyl (C=O) groups is 1. The molecular formula is C15H17F2N3O3. The van der Waals surface area contributed by atoms with Crippen LogP contribution in [0.1, 0.15) is 12.0 Å². The van der Waals surface area contributed by atoms with E-state index in [9.17, 15) is 18.7 Å². The maximum Gasteiger partial charge on any atom is 0.225 e. The molecule has 0 bridgehead atoms. The molecule has 0 saturated heterocycles. The van der Waals surface area contributed by atoms with E-state index in [2.05, 4.69) is 10.4 Å². The molecule has 0 aliphatic carbocycles. The maximum atomic E-state index is 13.5. The lowest BCUT2D eigenvalue weighted by Gasteiger charge is -2.07. The van der Waals surface area contributed by atoms with Crippen molar-refractivity contribution in [1.82, 2.24) is 9.78 Å². The van der Waals surface area contributed by atoms with Gasteiger partial charge in [-0.2, -0.15) is 5.10 Å². The lowest BCUT2D eigenvalue weighted by atomic mass is 10.1. The van der Waals surface area contributed by atoms with E-state index in [0.29, 0.717) is 0 Å². The maximum absolute atomic E-state index is 13.5. The van der Waals surface area contributed by atoms with Crippen molar-refractivity contribution < 1.29 is 23.8 Å². The fourth-order valence-electron chi connectivity index (χ4n) is 2.02. The van der Waals surface area contributed by atoms with Gasteiger partial charge in [-0.1, -0.05) is 6.07 Å². The second kappa shape index (κ2) is 7.80. The zero-order valence-electron chi connectivity index (χ0n) is 12.2. The van der Waals surface area contributed by atoms with Gasteiger partial charge in [0.25, 0.3) is 0 Å². The first-order valence-electron chi connectivity index (χ1n) is 7.04. The summed E-state index contributed by atoms with van der Waals surface area (Å²) in [7, 11) is 0. The lowest BCUT2D eigenvalue weighted by molar-refractivity contribution is -0.116. The van der Waals surface area contributed by atoms with Crippen molar-refractivity contribution in [3.8, 4) is 0 Å². The molecule has 1 unspecified atom stereocenters. The van der Waals surface area contributed by atoms with Gasteiger partial charge in [0.1, 0.15) is 11.6 Å². The van der Waals surface area contributed by atoms with Crippen molar-refractivity contribution in [2.45, 2.75) is 25.5 Å². The van der Waals surface area contributed by atoms with Gasteiger partial charge in [0.05, 0.1) is 19.3 Å². The van der Waals surface area contributed by atoms with Crippen molar-refractivity contribution >= 4 is 11.7 Å². The summed E-state index contributed by atoms with van der Waals surface area (Å²) in [5.74, 6) is -1.53. The third kappa shape index (κ3) is 4.83. The van der Waals surface area contributed by atoms with Gasteiger partial charge in [-0.05, 0) is 18.6 Å².